The summed E-state index contributed by atoms with van der Waals surface area (Å²) in [6.45, 7) is 6.29. The van der Waals surface area contributed by atoms with Crippen molar-refractivity contribution in [3.63, 3.8) is 0 Å². The van der Waals surface area contributed by atoms with Gasteiger partial charge in [0.05, 0.1) is 0 Å². The summed E-state index contributed by atoms with van der Waals surface area (Å²) in [4.78, 5) is 13.9. The first-order chi connectivity index (χ1) is 11.3. The van der Waals surface area contributed by atoms with Crippen LogP contribution in [-0.2, 0) is 4.79 Å². The second-order valence-electron chi connectivity index (χ2n) is 6.76. The molecule has 0 spiro atoms. The zero-order valence-corrected chi connectivity index (χ0v) is 16.5. The smallest absolute Gasteiger partial charge is 0.237 e. The molecule has 0 saturated heterocycles. The molecule has 23 heavy (non-hydrogen) atoms. The first kappa shape index (κ1) is 22.8. The lowest BCUT2D eigenvalue weighted by Gasteiger charge is -2.21. The Morgan fingerprint density at radius 3 is 1.35 bits per heavy atom. The predicted octanol–water partition coefficient (Wildman–Crippen LogP) is 6.56. The van der Waals surface area contributed by atoms with Crippen LogP contribution in [0.4, 0.5) is 0 Å². The molecule has 0 atom stereocenters. The van der Waals surface area contributed by atoms with Gasteiger partial charge in [-0.3, -0.25) is 4.79 Å². The first-order valence-corrected chi connectivity index (χ1v) is 10.6. The third-order valence-electron chi connectivity index (χ3n) is 4.53. The average molecular weight is 346 g/mol. The van der Waals surface area contributed by atoms with Crippen molar-refractivity contribution < 1.29 is 4.79 Å². The highest BCUT2D eigenvalue weighted by molar-refractivity contribution is 6.27. The number of hydrogen-bond donors (Lipinski definition) is 0. The molecule has 0 heterocycles. The largest absolute Gasteiger partial charge is 0.342 e. The Hall–Kier alpha value is -0.240. The minimum absolute atomic E-state index is 0.114. The van der Waals surface area contributed by atoms with Gasteiger partial charge in [-0.25, -0.2) is 0 Å². The van der Waals surface area contributed by atoms with Gasteiger partial charge in [-0.1, -0.05) is 90.9 Å². The van der Waals surface area contributed by atoms with Gasteiger partial charge in [-0.15, -0.1) is 11.6 Å². The lowest BCUT2D eigenvalue weighted by molar-refractivity contribution is -0.128. The molecule has 0 aliphatic heterocycles. The van der Waals surface area contributed by atoms with Crippen molar-refractivity contribution in [2.45, 2.75) is 104 Å². The SMILES string of the molecule is CCCCCCCCCN(CCCCCCCCC)C(=O)CCl. The van der Waals surface area contributed by atoms with Gasteiger partial charge in [0.15, 0.2) is 0 Å². The number of alkyl halides is 1. The molecule has 0 aliphatic carbocycles. The van der Waals surface area contributed by atoms with Crippen LogP contribution < -0.4 is 0 Å². The summed E-state index contributed by atoms with van der Waals surface area (Å²) in [6, 6.07) is 0. The van der Waals surface area contributed by atoms with E-state index in [4.69, 9.17) is 11.6 Å². The molecule has 0 unspecified atom stereocenters. The fourth-order valence-corrected chi connectivity index (χ4v) is 3.13. The second kappa shape index (κ2) is 18.1. The minimum atomic E-state index is 0.114. The zero-order chi connectivity index (χ0) is 17.2. The summed E-state index contributed by atoms with van der Waals surface area (Å²) in [5.74, 6) is 0.246. The van der Waals surface area contributed by atoms with Crippen molar-refractivity contribution in [2.75, 3.05) is 19.0 Å². The number of unbranched alkanes of at least 4 members (excludes halogenated alkanes) is 12. The number of amides is 1. The molecule has 2 nitrogen and oxygen atoms in total. The van der Waals surface area contributed by atoms with Crippen LogP contribution in [0.3, 0.4) is 0 Å². The molecule has 0 rings (SSSR count). The third kappa shape index (κ3) is 15.1. The van der Waals surface area contributed by atoms with E-state index in [1.54, 1.807) is 0 Å². The molecule has 0 aromatic carbocycles. The molecule has 1 amide bonds. The van der Waals surface area contributed by atoms with Crippen LogP contribution in [0.2, 0.25) is 0 Å². The third-order valence-corrected chi connectivity index (χ3v) is 4.76. The van der Waals surface area contributed by atoms with Crippen molar-refractivity contribution in [2.24, 2.45) is 0 Å². The van der Waals surface area contributed by atoms with Gasteiger partial charge < -0.3 is 4.90 Å². The van der Waals surface area contributed by atoms with Crippen LogP contribution in [0.5, 0.6) is 0 Å². The van der Waals surface area contributed by atoms with E-state index in [0.29, 0.717) is 0 Å². The van der Waals surface area contributed by atoms with Crippen molar-refractivity contribution in [3.05, 3.63) is 0 Å². The van der Waals surface area contributed by atoms with E-state index in [0.717, 1.165) is 25.9 Å². The Morgan fingerprint density at radius 1 is 0.652 bits per heavy atom. The van der Waals surface area contributed by atoms with E-state index in [1.165, 1.54) is 77.0 Å². The number of carbonyl (C=O) groups excluding carboxylic acids is 1. The molecule has 0 aliphatic rings. The van der Waals surface area contributed by atoms with Crippen molar-refractivity contribution >= 4 is 17.5 Å². The van der Waals surface area contributed by atoms with Crippen molar-refractivity contribution in [1.82, 2.24) is 4.90 Å². The number of nitrogens with zero attached hydrogens (tertiary/aromatic N) is 1. The molecule has 0 saturated carbocycles. The lowest BCUT2D eigenvalue weighted by Crippen LogP contribution is -2.33. The molecular weight excluding hydrogens is 306 g/mol. The summed E-state index contributed by atoms with van der Waals surface area (Å²) in [7, 11) is 0. The van der Waals surface area contributed by atoms with Gasteiger partial charge in [0.1, 0.15) is 5.88 Å². The topological polar surface area (TPSA) is 20.3 Å². The van der Waals surface area contributed by atoms with E-state index < -0.39 is 0 Å². The maximum absolute atomic E-state index is 11.9. The fraction of sp³-hybridized carbons (Fsp3) is 0.950. The molecule has 0 aromatic heterocycles. The second-order valence-corrected chi connectivity index (χ2v) is 7.02. The molecule has 0 fully saturated rings. The predicted molar refractivity (Wildman–Crippen MR) is 103 cm³/mol. The van der Waals surface area contributed by atoms with Crippen LogP contribution in [0, 0.1) is 0 Å². The van der Waals surface area contributed by atoms with Crippen LogP contribution in [-0.4, -0.2) is 29.8 Å². The van der Waals surface area contributed by atoms with Gasteiger partial charge in [-0.2, -0.15) is 0 Å². The van der Waals surface area contributed by atoms with E-state index in [1.807, 2.05) is 4.90 Å². The summed E-state index contributed by atoms with van der Waals surface area (Å²) < 4.78 is 0. The Morgan fingerprint density at radius 2 is 1.00 bits per heavy atom. The Kier molecular flexibility index (Phi) is 17.9. The highest BCUT2D eigenvalue weighted by atomic mass is 35.5. The van der Waals surface area contributed by atoms with Crippen LogP contribution in [0.15, 0.2) is 0 Å². The molecule has 0 aromatic rings. The molecule has 0 bridgehead atoms. The van der Waals surface area contributed by atoms with E-state index in [9.17, 15) is 4.79 Å². The van der Waals surface area contributed by atoms with Gasteiger partial charge >= 0.3 is 0 Å². The summed E-state index contributed by atoms with van der Waals surface area (Å²) in [6.07, 6.45) is 18.1. The molecule has 0 N–H and O–H groups in total. The number of halogens is 1. The van der Waals surface area contributed by atoms with Gasteiger partial charge in [-0.05, 0) is 12.8 Å². The molecule has 0 radical (unpaired) electrons. The van der Waals surface area contributed by atoms with Crippen LogP contribution in [0.25, 0.3) is 0 Å². The maximum Gasteiger partial charge on any atom is 0.237 e. The van der Waals surface area contributed by atoms with Crippen molar-refractivity contribution in [3.8, 4) is 0 Å². The van der Waals surface area contributed by atoms with E-state index >= 15 is 0 Å². The summed E-state index contributed by atoms with van der Waals surface area (Å²) >= 11 is 5.75. The van der Waals surface area contributed by atoms with Crippen molar-refractivity contribution in [1.29, 1.82) is 0 Å². The Balaban J connectivity index is 3.67. The van der Waals surface area contributed by atoms with E-state index in [2.05, 4.69) is 13.8 Å². The highest BCUT2D eigenvalue weighted by Crippen LogP contribution is 2.10. The lowest BCUT2D eigenvalue weighted by atomic mass is 10.1. The number of hydrogen-bond acceptors (Lipinski definition) is 1. The zero-order valence-electron chi connectivity index (χ0n) is 15.8. The van der Waals surface area contributed by atoms with E-state index in [-0.39, 0.29) is 11.8 Å². The minimum Gasteiger partial charge on any atom is -0.342 e. The molecule has 3 heteroatoms. The number of carbonyl (C=O) groups is 1. The monoisotopic (exact) mass is 345 g/mol. The average Bonchev–Trinajstić information content (AvgIpc) is 2.57. The van der Waals surface area contributed by atoms with Crippen LogP contribution in [0.1, 0.15) is 104 Å². The number of rotatable bonds is 17. The van der Waals surface area contributed by atoms with Gasteiger partial charge in [0, 0.05) is 13.1 Å². The summed E-state index contributed by atoms with van der Waals surface area (Å²) in [5, 5.41) is 0. The van der Waals surface area contributed by atoms with Crippen LogP contribution >= 0.6 is 11.6 Å². The van der Waals surface area contributed by atoms with Gasteiger partial charge in [0.2, 0.25) is 5.91 Å². The fourth-order valence-electron chi connectivity index (χ4n) is 2.97. The highest BCUT2D eigenvalue weighted by Gasteiger charge is 2.11. The standard InChI is InChI=1S/C20H40ClNO/c1-3-5-7-9-11-13-15-17-22(20(23)19-21)18-16-14-12-10-8-6-4-2/h3-19H2,1-2H3. The normalized spacial score (nSPS) is 10.9. The van der Waals surface area contributed by atoms with Gasteiger partial charge in [0.25, 0.3) is 0 Å². The Bertz CT molecular complexity index is 240. The first-order valence-electron chi connectivity index (χ1n) is 10.1. The Labute approximate surface area is 150 Å². The molecule has 138 valence electrons. The maximum atomic E-state index is 11.9. The summed E-state index contributed by atoms with van der Waals surface area (Å²) in [5.41, 5.74) is 0. The molecular formula is C20H40ClNO. The quantitative estimate of drug-likeness (QED) is 0.216.